The minimum absolute atomic E-state index is 0.0493. The van der Waals surface area contributed by atoms with Crippen molar-refractivity contribution < 1.29 is 14.3 Å². The Morgan fingerprint density at radius 1 is 1.35 bits per heavy atom. The predicted molar refractivity (Wildman–Crippen MR) is 59.9 cm³/mol. The molecule has 0 aliphatic carbocycles. The third-order valence-corrected chi connectivity index (χ3v) is 2.46. The summed E-state index contributed by atoms with van der Waals surface area (Å²) in [5.41, 5.74) is 2.36. The molecule has 0 atom stereocenters. The summed E-state index contributed by atoms with van der Waals surface area (Å²) in [6.07, 6.45) is 2.05. The summed E-state index contributed by atoms with van der Waals surface area (Å²) in [6, 6.07) is 5.98. The highest BCUT2D eigenvalue weighted by Crippen LogP contribution is 2.22. The number of hydrogen-bond acceptors (Lipinski definition) is 2. The van der Waals surface area contributed by atoms with Crippen molar-refractivity contribution in [2.75, 3.05) is 0 Å². The number of nitrogens with one attached hydrogen (secondary N) is 1. The number of aromatic nitrogens is 2. The van der Waals surface area contributed by atoms with E-state index in [0.717, 1.165) is 16.8 Å². The summed E-state index contributed by atoms with van der Waals surface area (Å²) in [7, 11) is 0. The van der Waals surface area contributed by atoms with Crippen LogP contribution in [0.2, 0.25) is 0 Å². The first kappa shape index (κ1) is 11.3. The molecule has 0 aliphatic heterocycles. The normalized spacial score (nSPS) is 10.4. The van der Waals surface area contributed by atoms with Crippen molar-refractivity contribution >= 4 is 5.97 Å². The van der Waals surface area contributed by atoms with Gasteiger partial charge in [-0.15, -0.1) is 0 Å². The second-order valence-corrected chi connectivity index (χ2v) is 3.67. The largest absolute Gasteiger partial charge is 0.481 e. The maximum atomic E-state index is 12.8. The van der Waals surface area contributed by atoms with Gasteiger partial charge in [-0.25, -0.2) is 4.39 Å². The van der Waals surface area contributed by atoms with Gasteiger partial charge in [0.2, 0.25) is 0 Å². The molecule has 2 N–H and O–H groups in total. The van der Waals surface area contributed by atoms with E-state index < -0.39 is 5.97 Å². The average molecular weight is 234 g/mol. The van der Waals surface area contributed by atoms with Crippen molar-refractivity contribution in [1.29, 1.82) is 0 Å². The average Bonchev–Trinajstić information content (AvgIpc) is 2.75. The Balaban J connectivity index is 2.24. The molecule has 5 heteroatoms. The lowest BCUT2D eigenvalue weighted by molar-refractivity contribution is -0.136. The van der Waals surface area contributed by atoms with Crippen molar-refractivity contribution in [3.8, 4) is 11.3 Å². The van der Waals surface area contributed by atoms with Gasteiger partial charge in [-0.1, -0.05) is 0 Å². The van der Waals surface area contributed by atoms with Crippen LogP contribution < -0.4 is 0 Å². The fourth-order valence-electron chi connectivity index (χ4n) is 1.61. The molecule has 0 aliphatic rings. The zero-order valence-corrected chi connectivity index (χ0v) is 8.98. The van der Waals surface area contributed by atoms with Crippen molar-refractivity contribution in [1.82, 2.24) is 10.2 Å². The van der Waals surface area contributed by atoms with Gasteiger partial charge >= 0.3 is 5.97 Å². The molecule has 2 aromatic rings. The van der Waals surface area contributed by atoms with E-state index in [1.165, 1.54) is 12.1 Å². The molecule has 0 fully saturated rings. The smallest absolute Gasteiger partial charge is 0.303 e. The van der Waals surface area contributed by atoms with Gasteiger partial charge in [0.15, 0.2) is 0 Å². The SMILES string of the molecule is O=C(O)CCc1cn[nH]c1-c1ccc(F)cc1. The van der Waals surface area contributed by atoms with Gasteiger partial charge < -0.3 is 5.11 Å². The number of nitrogens with zero attached hydrogens (tertiary/aromatic N) is 1. The molecule has 0 saturated carbocycles. The first-order valence-corrected chi connectivity index (χ1v) is 5.17. The van der Waals surface area contributed by atoms with E-state index in [4.69, 9.17) is 5.11 Å². The number of H-pyrrole nitrogens is 1. The Kier molecular flexibility index (Phi) is 3.18. The van der Waals surface area contributed by atoms with Crippen LogP contribution in [0.3, 0.4) is 0 Å². The number of rotatable bonds is 4. The van der Waals surface area contributed by atoms with E-state index in [1.54, 1.807) is 18.3 Å². The summed E-state index contributed by atoms with van der Waals surface area (Å²) < 4.78 is 12.8. The third kappa shape index (κ3) is 2.69. The van der Waals surface area contributed by atoms with E-state index in [0.29, 0.717) is 6.42 Å². The van der Waals surface area contributed by atoms with Gasteiger partial charge in [0, 0.05) is 12.0 Å². The molecule has 1 heterocycles. The van der Waals surface area contributed by atoms with E-state index in [-0.39, 0.29) is 12.2 Å². The van der Waals surface area contributed by atoms with E-state index in [9.17, 15) is 9.18 Å². The molecule has 0 bridgehead atoms. The van der Waals surface area contributed by atoms with Gasteiger partial charge in [0.1, 0.15) is 5.82 Å². The van der Waals surface area contributed by atoms with Crippen LogP contribution in [-0.2, 0) is 11.2 Å². The van der Waals surface area contributed by atoms with Crippen LogP contribution in [0.4, 0.5) is 4.39 Å². The molecule has 2 rings (SSSR count). The fourth-order valence-corrected chi connectivity index (χ4v) is 1.61. The second kappa shape index (κ2) is 4.78. The lowest BCUT2D eigenvalue weighted by Gasteiger charge is -2.01. The summed E-state index contributed by atoms with van der Waals surface area (Å²) >= 11 is 0. The molecular formula is C12H11FN2O2. The highest BCUT2D eigenvalue weighted by atomic mass is 19.1. The number of carbonyl (C=O) groups is 1. The van der Waals surface area contributed by atoms with Crippen molar-refractivity contribution in [2.45, 2.75) is 12.8 Å². The Morgan fingerprint density at radius 3 is 2.71 bits per heavy atom. The first-order valence-electron chi connectivity index (χ1n) is 5.17. The number of carboxylic acids is 1. The monoisotopic (exact) mass is 234 g/mol. The predicted octanol–water partition coefficient (Wildman–Crippen LogP) is 2.23. The molecule has 0 unspecified atom stereocenters. The van der Waals surface area contributed by atoms with Crippen LogP contribution >= 0.6 is 0 Å². The third-order valence-electron chi connectivity index (χ3n) is 2.46. The Bertz CT molecular complexity index is 520. The molecule has 88 valence electrons. The highest BCUT2D eigenvalue weighted by Gasteiger charge is 2.09. The molecule has 0 amide bonds. The topological polar surface area (TPSA) is 66.0 Å². The Labute approximate surface area is 97.1 Å². The van der Waals surface area contributed by atoms with Crippen LogP contribution in [0.25, 0.3) is 11.3 Å². The molecule has 17 heavy (non-hydrogen) atoms. The van der Waals surface area contributed by atoms with Crippen molar-refractivity contribution in [2.24, 2.45) is 0 Å². The van der Waals surface area contributed by atoms with Crippen LogP contribution in [0, 0.1) is 5.82 Å². The summed E-state index contributed by atoms with van der Waals surface area (Å²) in [5.74, 6) is -1.16. The standard InChI is InChI=1S/C12H11FN2O2/c13-10-4-1-8(2-5-10)12-9(7-14-15-12)3-6-11(16)17/h1-2,4-5,7H,3,6H2,(H,14,15)(H,16,17). The maximum Gasteiger partial charge on any atom is 0.303 e. The van der Waals surface area contributed by atoms with Gasteiger partial charge in [0.05, 0.1) is 11.9 Å². The molecule has 0 radical (unpaired) electrons. The number of carboxylic acid groups (broad SMARTS) is 1. The number of aliphatic carboxylic acids is 1. The summed E-state index contributed by atoms with van der Waals surface area (Å²) in [6.45, 7) is 0. The Hall–Kier alpha value is -2.17. The van der Waals surface area contributed by atoms with E-state index in [2.05, 4.69) is 10.2 Å². The van der Waals surface area contributed by atoms with Gasteiger partial charge in [0.25, 0.3) is 0 Å². The number of benzene rings is 1. The molecule has 4 nitrogen and oxygen atoms in total. The van der Waals surface area contributed by atoms with Crippen molar-refractivity contribution in [3.63, 3.8) is 0 Å². The lowest BCUT2D eigenvalue weighted by Crippen LogP contribution is -1.97. The fraction of sp³-hybridized carbons (Fsp3) is 0.167. The minimum atomic E-state index is -0.851. The van der Waals surface area contributed by atoms with Gasteiger partial charge in [-0.05, 0) is 36.2 Å². The number of aromatic amines is 1. The lowest BCUT2D eigenvalue weighted by atomic mass is 10.0. The zero-order valence-electron chi connectivity index (χ0n) is 8.98. The number of halogens is 1. The van der Waals surface area contributed by atoms with E-state index in [1.807, 2.05) is 0 Å². The van der Waals surface area contributed by atoms with Gasteiger partial charge in [-0.2, -0.15) is 5.10 Å². The van der Waals surface area contributed by atoms with Crippen molar-refractivity contribution in [3.05, 3.63) is 41.8 Å². The van der Waals surface area contributed by atoms with Crippen LogP contribution in [0.5, 0.6) is 0 Å². The second-order valence-electron chi connectivity index (χ2n) is 3.67. The molecular weight excluding hydrogens is 223 g/mol. The van der Waals surface area contributed by atoms with Crippen LogP contribution in [-0.4, -0.2) is 21.3 Å². The number of aryl methyl sites for hydroxylation is 1. The minimum Gasteiger partial charge on any atom is -0.481 e. The molecule has 1 aromatic heterocycles. The maximum absolute atomic E-state index is 12.8. The number of hydrogen-bond donors (Lipinski definition) is 2. The molecule has 0 saturated heterocycles. The molecule has 1 aromatic carbocycles. The zero-order chi connectivity index (χ0) is 12.3. The quantitative estimate of drug-likeness (QED) is 0.852. The van der Waals surface area contributed by atoms with Crippen LogP contribution in [0.15, 0.2) is 30.5 Å². The Morgan fingerprint density at radius 2 is 2.06 bits per heavy atom. The highest BCUT2D eigenvalue weighted by molar-refractivity contribution is 5.68. The molecule has 0 spiro atoms. The van der Waals surface area contributed by atoms with Crippen LogP contribution in [0.1, 0.15) is 12.0 Å². The summed E-state index contributed by atoms with van der Waals surface area (Å²) in [4.78, 5) is 10.5. The summed E-state index contributed by atoms with van der Waals surface area (Å²) in [5, 5.41) is 15.3. The van der Waals surface area contributed by atoms with Gasteiger partial charge in [-0.3, -0.25) is 9.89 Å². The van der Waals surface area contributed by atoms with E-state index >= 15 is 0 Å². The first-order chi connectivity index (χ1) is 8.16.